The zero-order valence-corrected chi connectivity index (χ0v) is 24.9. The molecule has 0 atom stereocenters. The summed E-state index contributed by atoms with van der Waals surface area (Å²) in [6.45, 7) is 13.5. The van der Waals surface area contributed by atoms with Crippen LogP contribution in [0.4, 0.5) is 0 Å². The van der Waals surface area contributed by atoms with E-state index in [2.05, 4.69) is 19.6 Å². The largest absolute Gasteiger partial charge is 0.415 e. The first-order valence-electron chi connectivity index (χ1n) is 12.9. The molecule has 1 rings (SSSR count). The van der Waals surface area contributed by atoms with Crippen molar-refractivity contribution in [3.05, 3.63) is 30.3 Å². The first-order chi connectivity index (χ1) is 18.3. The molecule has 1 aromatic rings. The van der Waals surface area contributed by atoms with Crippen molar-refractivity contribution in [1.29, 1.82) is 0 Å². The Balaban J connectivity index is 1.72. The van der Waals surface area contributed by atoms with Crippen molar-refractivity contribution in [1.82, 2.24) is 0 Å². The predicted molar refractivity (Wildman–Crippen MR) is 145 cm³/mol. The van der Waals surface area contributed by atoms with Gasteiger partial charge in [0, 0.05) is 0 Å². The van der Waals surface area contributed by atoms with E-state index in [-0.39, 0.29) is 18.1 Å². The number of hydrogen-bond donors (Lipinski definition) is 0. The van der Waals surface area contributed by atoms with E-state index in [9.17, 15) is 8.42 Å². The summed E-state index contributed by atoms with van der Waals surface area (Å²) in [5.74, 6) is 0. The third-order valence-corrected chi connectivity index (χ3v) is 6.89. The Morgan fingerprint density at radius 1 is 0.500 bits per heavy atom. The van der Waals surface area contributed by atoms with Crippen molar-refractivity contribution >= 4 is 18.4 Å². The highest BCUT2D eigenvalue weighted by Gasteiger charge is 2.14. The molecule has 0 aliphatic rings. The minimum absolute atomic E-state index is 0.0514. The Bertz CT molecular complexity index is 760. The van der Waals surface area contributed by atoms with Gasteiger partial charge in [0.15, 0.2) is 8.32 Å². The quantitative estimate of drug-likeness (QED) is 0.0864. The van der Waals surface area contributed by atoms with E-state index in [0.717, 1.165) is 0 Å². The number of rotatable bonds is 27. The molecule has 0 radical (unpaired) electrons. The van der Waals surface area contributed by atoms with E-state index >= 15 is 0 Å². The second kappa shape index (κ2) is 22.8. The lowest BCUT2D eigenvalue weighted by Crippen LogP contribution is -2.27. The molecule has 1 aromatic carbocycles. The molecular weight excluding hydrogens is 536 g/mol. The molecule has 11 nitrogen and oxygen atoms in total. The van der Waals surface area contributed by atoms with Crippen LogP contribution in [0.2, 0.25) is 19.6 Å². The predicted octanol–water partition coefficient (Wildman–Crippen LogP) is 2.36. The van der Waals surface area contributed by atoms with Gasteiger partial charge in [-0.25, -0.2) is 0 Å². The molecule has 13 heteroatoms. The Hall–Kier alpha value is -0.973. The van der Waals surface area contributed by atoms with Crippen molar-refractivity contribution in [2.75, 3.05) is 106 Å². The van der Waals surface area contributed by atoms with Crippen LogP contribution in [0.15, 0.2) is 35.2 Å². The molecule has 222 valence electrons. The average molecular weight is 583 g/mol. The lowest BCUT2D eigenvalue weighted by atomic mass is 10.4. The molecule has 0 aromatic heterocycles. The fourth-order valence-electron chi connectivity index (χ4n) is 2.69. The van der Waals surface area contributed by atoms with E-state index in [1.165, 1.54) is 12.1 Å². The molecule has 0 N–H and O–H groups in total. The summed E-state index contributed by atoms with van der Waals surface area (Å²) >= 11 is 0. The first kappa shape index (κ1) is 35.1. The molecule has 0 aliphatic heterocycles. The summed E-state index contributed by atoms with van der Waals surface area (Å²) in [7, 11) is -5.20. The minimum atomic E-state index is -3.75. The maximum absolute atomic E-state index is 11.9. The van der Waals surface area contributed by atoms with E-state index in [1.807, 2.05) is 0 Å². The molecule has 0 spiro atoms. The van der Waals surface area contributed by atoms with Crippen LogP contribution in [0.3, 0.4) is 0 Å². The van der Waals surface area contributed by atoms with Crippen molar-refractivity contribution in [2.45, 2.75) is 24.5 Å². The van der Waals surface area contributed by atoms with Crippen LogP contribution in [-0.2, 0) is 51.9 Å². The average Bonchev–Trinajstić information content (AvgIpc) is 2.88. The van der Waals surface area contributed by atoms with E-state index < -0.39 is 18.4 Å². The molecule has 0 saturated heterocycles. The van der Waals surface area contributed by atoms with Gasteiger partial charge in [-0.1, -0.05) is 18.2 Å². The third-order valence-electron chi connectivity index (χ3n) is 4.49. The molecule has 0 saturated carbocycles. The number of ether oxygens (including phenoxy) is 7. The molecule has 0 fully saturated rings. The molecule has 0 bridgehead atoms. The lowest BCUT2D eigenvalue weighted by Gasteiger charge is -2.16. The Labute approximate surface area is 229 Å². The monoisotopic (exact) mass is 582 g/mol. The van der Waals surface area contributed by atoms with Gasteiger partial charge in [-0.05, 0) is 31.8 Å². The summed E-state index contributed by atoms with van der Waals surface area (Å²) in [4.78, 5) is 0.125. The van der Waals surface area contributed by atoms with Crippen LogP contribution in [0.5, 0.6) is 0 Å². The fraction of sp³-hybridized carbons (Fsp3) is 0.760. The summed E-state index contributed by atoms with van der Waals surface area (Å²) < 4.78 is 72.4. The summed E-state index contributed by atoms with van der Waals surface area (Å²) in [6, 6.07) is 7.99. The van der Waals surface area contributed by atoms with Gasteiger partial charge in [0.25, 0.3) is 10.1 Å². The molecule has 0 amide bonds. The smallest absolute Gasteiger partial charge is 0.297 e. The van der Waals surface area contributed by atoms with E-state index in [0.29, 0.717) is 92.5 Å². The van der Waals surface area contributed by atoms with Gasteiger partial charge in [-0.15, -0.1) is 0 Å². The van der Waals surface area contributed by atoms with Gasteiger partial charge < -0.3 is 37.6 Å². The van der Waals surface area contributed by atoms with Crippen LogP contribution in [0.25, 0.3) is 0 Å². The van der Waals surface area contributed by atoms with Gasteiger partial charge in [-0.3, -0.25) is 4.18 Å². The van der Waals surface area contributed by atoms with Crippen LogP contribution in [0, 0.1) is 0 Å². The van der Waals surface area contributed by atoms with Crippen molar-refractivity contribution < 1.29 is 50.2 Å². The van der Waals surface area contributed by atoms with Crippen molar-refractivity contribution in [3.8, 4) is 0 Å². The van der Waals surface area contributed by atoms with Gasteiger partial charge in [0.2, 0.25) is 0 Å². The fourth-order valence-corrected chi connectivity index (χ4v) is 4.30. The SMILES string of the molecule is C[Si](C)(C)OCCOCCOCCOCCOCCOCCOCCOCCOS(=O)(=O)c1ccccc1. The highest BCUT2D eigenvalue weighted by molar-refractivity contribution is 7.86. The Morgan fingerprint density at radius 2 is 0.816 bits per heavy atom. The zero-order chi connectivity index (χ0) is 27.8. The summed E-state index contributed by atoms with van der Waals surface area (Å²) in [5, 5.41) is 0. The van der Waals surface area contributed by atoms with Gasteiger partial charge in [0.1, 0.15) is 0 Å². The van der Waals surface area contributed by atoms with Gasteiger partial charge >= 0.3 is 0 Å². The topological polar surface area (TPSA) is 117 Å². The molecule has 0 unspecified atom stereocenters. The standard InChI is InChI=1S/C25H46O11SSi/c1-38(2,3)36-24-22-34-20-18-32-16-14-30-12-10-28-9-11-29-13-15-31-17-19-33-21-23-35-37(26,27)25-7-5-4-6-8-25/h4-8H,9-24H2,1-3H3. The molecular formula is C25H46O11SSi. The second-order valence-corrected chi connectivity index (χ2v) is 15.0. The minimum Gasteiger partial charge on any atom is -0.415 e. The van der Waals surface area contributed by atoms with Crippen LogP contribution in [0.1, 0.15) is 0 Å². The molecule has 38 heavy (non-hydrogen) atoms. The number of hydrogen-bond acceptors (Lipinski definition) is 11. The maximum Gasteiger partial charge on any atom is 0.297 e. The molecule has 0 heterocycles. The van der Waals surface area contributed by atoms with Gasteiger partial charge in [0.05, 0.1) is 111 Å². The molecule has 0 aliphatic carbocycles. The van der Waals surface area contributed by atoms with Crippen molar-refractivity contribution in [2.24, 2.45) is 0 Å². The zero-order valence-electron chi connectivity index (χ0n) is 23.1. The van der Waals surface area contributed by atoms with Crippen LogP contribution < -0.4 is 0 Å². The van der Waals surface area contributed by atoms with E-state index in [1.54, 1.807) is 18.2 Å². The second-order valence-electron chi connectivity index (χ2n) is 8.84. The normalized spacial score (nSPS) is 12.3. The summed E-state index contributed by atoms with van der Waals surface area (Å²) in [6.07, 6.45) is 0. The van der Waals surface area contributed by atoms with Crippen molar-refractivity contribution in [3.63, 3.8) is 0 Å². The maximum atomic E-state index is 11.9. The van der Waals surface area contributed by atoms with Crippen LogP contribution >= 0.6 is 0 Å². The summed E-state index contributed by atoms with van der Waals surface area (Å²) in [5.41, 5.74) is 0. The highest BCUT2D eigenvalue weighted by Crippen LogP contribution is 2.10. The van der Waals surface area contributed by atoms with Gasteiger partial charge in [-0.2, -0.15) is 8.42 Å². The Kier molecular flexibility index (Phi) is 21.0. The van der Waals surface area contributed by atoms with E-state index in [4.69, 9.17) is 41.8 Å². The Morgan fingerprint density at radius 3 is 1.16 bits per heavy atom. The number of benzene rings is 1. The van der Waals surface area contributed by atoms with Crippen LogP contribution in [-0.4, -0.2) is 122 Å². The highest BCUT2D eigenvalue weighted by atomic mass is 32.2. The third kappa shape index (κ3) is 21.9. The lowest BCUT2D eigenvalue weighted by molar-refractivity contribution is -0.0219. The first-order valence-corrected chi connectivity index (χ1v) is 17.8.